The van der Waals surface area contributed by atoms with E-state index in [9.17, 15) is 9.59 Å². The molecular weight excluding hydrogens is 592 g/mol. The molecule has 0 saturated carbocycles. The van der Waals surface area contributed by atoms with Crippen LogP contribution in [0.2, 0.25) is 25.1 Å². The van der Waals surface area contributed by atoms with Crippen molar-refractivity contribution in [2.75, 3.05) is 7.11 Å². The van der Waals surface area contributed by atoms with Crippen molar-refractivity contribution in [1.82, 2.24) is 15.1 Å². The summed E-state index contributed by atoms with van der Waals surface area (Å²) in [4.78, 5) is 26.1. The second-order valence-corrected chi connectivity index (χ2v) is 10.4. The number of hydrogen-bond donors (Lipinski definition) is 1. The molecule has 0 saturated heterocycles. The van der Waals surface area contributed by atoms with Gasteiger partial charge in [-0.3, -0.25) is 4.79 Å². The van der Waals surface area contributed by atoms with Crippen LogP contribution >= 0.6 is 58.0 Å². The third-order valence-corrected chi connectivity index (χ3v) is 7.34. The lowest BCUT2D eigenvalue weighted by atomic mass is 10.0. The summed E-state index contributed by atoms with van der Waals surface area (Å²) >= 11 is 30.8. The van der Waals surface area contributed by atoms with Crippen LogP contribution in [0.4, 0.5) is 0 Å². The maximum atomic E-state index is 13.5. The van der Waals surface area contributed by atoms with Crippen molar-refractivity contribution < 1.29 is 14.3 Å². The van der Waals surface area contributed by atoms with Crippen LogP contribution in [-0.4, -0.2) is 34.8 Å². The fraction of sp³-hybridized carbons (Fsp3) is 0.148. The molecular formula is C27H20Cl5N3O3. The number of amides is 1. The highest BCUT2D eigenvalue weighted by Crippen LogP contribution is 2.33. The van der Waals surface area contributed by atoms with Gasteiger partial charge in [-0.25, -0.2) is 9.48 Å². The average molecular weight is 612 g/mol. The zero-order valence-corrected chi connectivity index (χ0v) is 23.8. The normalized spacial score (nSPS) is 11.8. The van der Waals surface area contributed by atoms with Crippen LogP contribution in [0.5, 0.6) is 0 Å². The highest BCUT2D eigenvalue weighted by molar-refractivity contribution is 6.42. The first-order chi connectivity index (χ1) is 18.1. The molecule has 0 bridgehead atoms. The van der Waals surface area contributed by atoms with Crippen LogP contribution < -0.4 is 5.32 Å². The number of benzene rings is 3. The number of hydrogen-bond acceptors (Lipinski definition) is 4. The Kier molecular flexibility index (Phi) is 8.91. The maximum absolute atomic E-state index is 13.5. The number of carbonyl (C=O) groups excluding carboxylic acids is 2. The molecule has 1 amide bonds. The van der Waals surface area contributed by atoms with Gasteiger partial charge in [-0.15, -0.1) is 0 Å². The molecule has 1 N–H and O–H groups in total. The number of methoxy groups -OCH3 is 1. The van der Waals surface area contributed by atoms with Crippen molar-refractivity contribution in [2.45, 2.75) is 19.4 Å². The minimum atomic E-state index is -1.01. The van der Waals surface area contributed by atoms with Gasteiger partial charge in [0.25, 0.3) is 5.91 Å². The lowest BCUT2D eigenvalue weighted by molar-refractivity contribution is -0.142. The summed E-state index contributed by atoms with van der Waals surface area (Å²) in [5, 5.41) is 9.41. The highest BCUT2D eigenvalue weighted by Gasteiger charge is 2.28. The van der Waals surface area contributed by atoms with Gasteiger partial charge in [-0.1, -0.05) is 76.2 Å². The van der Waals surface area contributed by atoms with Crippen molar-refractivity contribution >= 4 is 69.9 Å². The SMILES string of the molecule is COC(=O)C(Cc1ccc(Cl)c(Cl)c1)NC(=O)c1nn(-c2ccc(Cl)cc2Cl)c(-c2ccc(Cl)cc2)c1C. The number of esters is 1. The number of nitrogens with one attached hydrogen (secondary N) is 1. The predicted octanol–water partition coefficient (Wildman–Crippen LogP) is 7.63. The van der Waals surface area contributed by atoms with E-state index in [1.807, 2.05) is 12.1 Å². The molecule has 6 nitrogen and oxygen atoms in total. The van der Waals surface area contributed by atoms with Gasteiger partial charge >= 0.3 is 5.97 Å². The zero-order chi connectivity index (χ0) is 27.6. The third-order valence-electron chi connectivity index (χ3n) is 5.81. The monoisotopic (exact) mass is 609 g/mol. The molecule has 0 aliphatic carbocycles. The fourth-order valence-corrected chi connectivity index (χ4v) is 4.89. The Bertz CT molecular complexity index is 1520. The van der Waals surface area contributed by atoms with Crippen molar-refractivity contribution in [2.24, 2.45) is 0 Å². The molecule has 0 aliphatic heterocycles. The Morgan fingerprint density at radius 1 is 0.895 bits per heavy atom. The van der Waals surface area contributed by atoms with Gasteiger partial charge in [0.05, 0.1) is 33.6 Å². The molecule has 0 fully saturated rings. The largest absolute Gasteiger partial charge is 0.467 e. The molecule has 196 valence electrons. The van der Waals surface area contributed by atoms with E-state index < -0.39 is 17.9 Å². The summed E-state index contributed by atoms with van der Waals surface area (Å²) in [5.41, 5.74) is 3.24. The third kappa shape index (κ3) is 6.11. The molecule has 1 unspecified atom stereocenters. The van der Waals surface area contributed by atoms with Gasteiger partial charge in [-0.05, 0) is 55.0 Å². The number of ether oxygens (including phenoxy) is 1. The van der Waals surface area contributed by atoms with Gasteiger partial charge in [0.1, 0.15) is 6.04 Å². The van der Waals surface area contributed by atoms with E-state index in [4.69, 9.17) is 62.7 Å². The Hall–Kier alpha value is -2.74. The van der Waals surface area contributed by atoms with Crippen LogP contribution in [0, 0.1) is 6.92 Å². The minimum Gasteiger partial charge on any atom is -0.467 e. The number of rotatable bonds is 7. The summed E-state index contributed by atoms with van der Waals surface area (Å²) in [5.74, 6) is -1.20. The van der Waals surface area contributed by atoms with Crippen molar-refractivity contribution in [1.29, 1.82) is 0 Å². The summed E-state index contributed by atoms with van der Waals surface area (Å²) in [7, 11) is 1.25. The Morgan fingerprint density at radius 2 is 1.58 bits per heavy atom. The number of halogens is 5. The van der Waals surface area contributed by atoms with E-state index in [0.29, 0.717) is 47.6 Å². The van der Waals surface area contributed by atoms with Gasteiger partial charge in [0.15, 0.2) is 5.69 Å². The molecule has 1 aromatic heterocycles. The number of nitrogens with zero attached hydrogens (tertiary/aromatic N) is 2. The highest BCUT2D eigenvalue weighted by atomic mass is 35.5. The fourth-order valence-electron chi connectivity index (χ4n) is 3.95. The van der Waals surface area contributed by atoms with E-state index in [-0.39, 0.29) is 12.1 Å². The summed E-state index contributed by atoms with van der Waals surface area (Å²) in [6.45, 7) is 1.76. The van der Waals surface area contributed by atoms with Crippen LogP contribution in [0.15, 0.2) is 60.7 Å². The predicted molar refractivity (Wildman–Crippen MR) is 152 cm³/mol. The van der Waals surface area contributed by atoms with E-state index >= 15 is 0 Å². The van der Waals surface area contributed by atoms with E-state index in [0.717, 1.165) is 5.56 Å². The molecule has 1 atom stereocenters. The summed E-state index contributed by atoms with van der Waals surface area (Å²) in [6, 6.07) is 16.0. The van der Waals surface area contributed by atoms with Gasteiger partial charge in [0.2, 0.25) is 0 Å². The van der Waals surface area contributed by atoms with Crippen LogP contribution in [0.25, 0.3) is 16.9 Å². The summed E-state index contributed by atoms with van der Waals surface area (Å²) < 4.78 is 6.50. The van der Waals surface area contributed by atoms with Gasteiger partial charge in [0, 0.05) is 27.6 Å². The molecule has 11 heteroatoms. The van der Waals surface area contributed by atoms with E-state index in [1.54, 1.807) is 60.1 Å². The first-order valence-electron chi connectivity index (χ1n) is 11.2. The van der Waals surface area contributed by atoms with Crippen LogP contribution in [-0.2, 0) is 16.0 Å². The molecule has 3 aromatic carbocycles. The maximum Gasteiger partial charge on any atom is 0.328 e. The van der Waals surface area contributed by atoms with Gasteiger partial charge < -0.3 is 10.1 Å². The van der Waals surface area contributed by atoms with Crippen LogP contribution in [0.1, 0.15) is 21.6 Å². The quantitative estimate of drug-likeness (QED) is 0.218. The smallest absolute Gasteiger partial charge is 0.328 e. The van der Waals surface area contributed by atoms with Crippen molar-refractivity contribution in [3.63, 3.8) is 0 Å². The second-order valence-electron chi connectivity index (χ2n) is 8.34. The molecule has 4 aromatic rings. The van der Waals surface area contributed by atoms with Crippen LogP contribution in [0.3, 0.4) is 0 Å². The second kappa shape index (κ2) is 12.0. The lowest BCUT2D eigenvalue weighted by Crippen LogP contribution is -2.43. The molecule has 0 aliphatic rings. The van der Waals surface area contributed by atoms with Crippen molar-refractivity contribution in [3.8, 4) is 16.9 Å². The standard InChI is InChI=1S/C27H20Cl5N3O3/c1-14-24(26(36)33-22(27(37)38-2)12-15-3-9-19(30)20(31)11-15)34-35(23-10-8-18(29)13-21(23)32)25(14)16-4-6-17(28)7-5-16/h3-11,13,22H,12H2,1-2H3,(H,33,36). The molecule has 1 heterocycles. The summed E-state index contributed by atoms with van der Waals surface area (Å²) in [6.07, 6.45) is 0.127. The first-order valence-corrected chi connectivity index (χ1v) is 13.1. The Morgan fingerprint density at radius 3 is 2.21 bits per heavy atom. The molecule has 0 spiro atoms. The molecule has 4 rings (SSSR count). The zero-order valence-electron chi connectivity index (χ0n) is 20.1. The average Bonchev–Trinajstić information content (AvgIpc) is 3.22. The number of carbonyl (C=O) groups is 2. The van der Waals surface area contributed by atoms with E-state index in [2.05, 4.69) is 10.4 Å². The molecule has 0 radical (unpaired) electrons. The topological polar surface area (TPSA) is 73.2 Å². The number of aromatic nitrogens is 2. The molecule has 38 heavy (non-hydrogen) atoms. The van der Waals surface area contributed by atoms with Crippen molar-refractivity contribution in [3.05, 3.63) is 103 Å². The Labute approximate surface area is 244 Å². The Balaban J connectivity index is 1.75. The van der Waals surface area contributed by atoms with Gasteiger partial charge in [-0.2, -0.15) is 5.10 Å². The minimum absolute atomic E-state index is 0.101. The first kappa shape index (κ1) is 28.3. The van der Waals surface area contributed by atoms with E-state index in [1.165, 1.54) is 7.11 Å². The lowest BCUT2D eigenvalue weighted by Gasteiger charge is -2.16.